The number of methoxy groups -OCH3 is 2. The first-order valence-electron chi connectivity index (χ1n) is 20.5. The molecule has 14 heteroatoms. The van der Waals surface area contributed by atoms with E-state index < -0.39 is 24.3 Å². The number of nitrogens with zero attached hydrogens (tertiary/aromatic N) is 5. The molecule has 3 aromatic carbocycles. The Morgan fingerprint density at radius 2 is 1.38 bits per heavy atom. The van der Waals surface area contributed by atoms with Crippen molar-refractivity contribution in [3.63, 3.8) is 0 Å². The number of benzene rings is 3. The Morgan fingerprint density at radius 3 is 2.00 bits per heavy atom. The Bertz CT molecular complexity index is 2380. The Labute approximate surface area is 350 Å². The molecule has 5 atom stereocenters. The number of nitriles is 1. The lowest BCUT2D eigenvalue weighted by Gasteiger charge is -2.31. The number of aliphatic imine (C=N–C) groups is 1. The van der Waals surface area contributed by atoms with Gasteiger partial charge < -0.3 is 34.9 Å². The quantitative estimate of drug-likeness (QED) is 0.142. The molecule has 0 spiro atoms. The van der Waals surface area contributed by atoms with Crippen LogP contribution in [0.2, 0.25) is 0 Å². The van der Waals surface area contributed by atoms with E-state index in [9.17, 15) is 24.4 Å². The van der Waals surface area contributed by atoms with Crippen molar-refractivity contribution in [1.82, 2.24) is 30.4 Å². The molecule has 0 bridgehead atoms. The van der Waals surface area contributed by atoms with Crippen molar-refractivity contribution in [3.8, 4) is 28.5 Å². The molecule has 0 unspecified atom stereocenters. The maximum Gasteiger partial charge on any atom is 0.407 e. The number of aromatic amines is 1. The van der Waals surface area contributed by atoms with Crippen molar-refractivity contribution in [3.05, 3.63) is 84.4 Å². The largest absolute Gasteiger partial charge is 0.453 e. The summed E-state index contributed by atoms with van der Waals surface area (Å²) in [7, 11) is 2.55. The first-order chi connectivity index (χ1) is 28.9. The highest BCUT2D eigenvalue weighted by Gasteiger charge is 2.42. The fourth-order valence-electron chi connectivity index (χ4n) is 8.51. The monoisotopic (exact) mass is 812 g/mol. The van der Waals surface area contributed by atoms with Gasteiger partial charge in [0.05, 0.1) is 50.2 Å². The summed E-state index contributed by atoms with van der Waals surface area (Å²) in [5, 5.41) is 17.3. The van der Waals surface area contributed by atoms with Crippen molar-refractivity contribution >= 4 is 46.1 Å². The summed E-state index contributed by atoms with van der Waals surface area (Å²) in [6, 6.07) is 21.4. The molecule has 0 aliphatic carbocycles. The van der Waals surface area contributed by atoms with E-state index >= 15 is 0 Å². The van der Waals surface area contributed by atoms with Crippen molar-refractivity contribution in [2.24, 2.45) is 22.7 Å². The lowest BCUT2D eigenvalue weighted by molar-refractivity contribution is -0.135. The van der Waals surface area contributed by atoms with Gasteiger partial charge in [0.25, 0.3) is 0 Å². The predicted molar refractivity (Wildman–Crippen MR) is 228 cm³/mol. The summed E-state index contributed by atoms with van der Waals surface area (Å²) in [5.41, 5.74) is 6.90. The van der Waals surface area contributed by atoms with Crippen LogP contribution in [-0.2, 0) is 19.1 Å². The molecule has 2 fully saturated rings. The van der Waals surface area contributed by atoms with Crippen molar-refractivity contribution in [2.45, 2.75) is 77.5 Å². The molecule has 4 aromatic rings. The second-order valence-electron chi connectivity index (χ2n) is 16.5. The number of nitrogens with one attached hydrogen (secondary N) is 3. The predicted octanol–water partition coefficient (Wildman–Crippen LogP) is 7.25. The minimum Gasteiger partial charge on any atom is -0.453 e. The van der Waals surface area contributed by atoms with E-state index in [1.54, 1.807) is 4.90 Å². The number of rotatable bonds is 11. The topological polar surface area (TPSA) is 182 Å². The zero-order chi connectivity index (χ0) is 42.7. The summed E-state index contributed by atoms with van der Waals surface area (Å²) in [5.74, 6) is -0.271. The fourth-order valence-corrected chi connectivity index (χ4v) is 8.51. The number of carbonyl (C=O) groups excluding carboxylic acids is 4. The summed E-state index contributed by atoms with van der Waals surface area (Å²) in [6.07, 6.45) is 5.04. The highest BCUT2D eigenvalue weighted by molar-refractivity contribution is 6.04. The molecule has 60 heavy (non-hydrogen) atoms. The summed E-state index contributed by atoms with van der Waals surface area (Å²) in [6.45, 7) is 8.40. The van der Waals surface area contributed by atoms with Gasteiger partial charge in [-0.2, -0.15) is 5.26 Å². The molecule has 7 rings (SSSR count). The van der Waals surface area contributed by atoms with Crippen LogP contribution in [0, 0.1) is 29.1 Å². The molecule has 0 radical (unpaired) electrons. The van der Waals surface area contributed by atoms with Crippen molar-refractivity contribution in [2.75, 3.05) is 27.3 Å². The third-order valence-corrected chi connectivity index (χ3v) is 11.9. The van der Waals surface area contributed by atoms with Gasteiger partial charge in [-0.1, -0.05) is 76.2 Å². The Morgan fingerprint density at radius 1 is 0.800 bits per heavy atom. The van der Waals surface area contributed by atoms with Crippen LogP contribution in [0.1, 0.15) is 70.8 Å². The normalized spacial score (nSPS) is 19.8. The number of amides is 4. The average Bonchev–Trinajstić information content (AvgIpc) is 4.10. The Balaban J connectivity index is 1.01. The van der Waals surface area contributed by atoms with Crippen LogP contribution in [0.3, 0.4) is 0 Å². The second-order valence-corrected chi connectivity index (χ2v) is 16.5. The summed E-state index contributed by atoms with van der Waals surface area (Å²) < 4.78 is 9.53. The van der Waals surface area contributed by atoms with E-state index in [1.165, 1.54) is 14.2 Å². The van der Waals surface area contributed by atoms with Gasteiger partial charge in [-0.15, -0.1) is 0 Å². The van der Waals surface area contributed by atoms with Crippen LogP contribution in [-0.4, -0.2) is 94.9 Å². The minimum absolute atomic E-state index is 0.111. The molecule has 4 amide bonds. The van der Waals surface area contributed by atoms with Crippen LogP contribution in [0.15, 0.2) is 78.1 Å². The number of fused-ring (bicyclic) bond motifs is 1. The van der Waals surface area contributed by atoms with Gasteiger partial charge >= 0.3 is 12.2 Å². The van der Waals surface area contributed by atoms with E-state index in [-0.39, 0.29) is 48.2 Å². The number of carbonyl (C=O) groups is 4. The minimum atomic E-state index is -0.780. The van der Waals surface area contributed by atoms with Gasteiger partial charge in [-0.3, -0.25) is 14.6 Å². The Hall–Kier alpha value is -6.49. The van der Waals surface area contributed by atoms with Gasteiger partial charge in [0, 0.05) is 37.0 Å². The first kappa shape index (κ1) is 41.7. The number of hydrogen-bond donors (Lipinski definition) is 3. The summed E-state index contributed by atoms with van der Waals surface area (Å²) >= 11 is 0. The maximum absolute atomic E-state index is 13.7. The standard InChI is InChI=1S/C46H52N8O6/c1-26(2)40(51-45(57)59-5)43(55)53-17-7-8-38(53)42-49-24-37(50-42)34-16-15-32-19-31(13-14-33(32)20-34)29-9-11-30(12-10-29)35-21-36(48-23-35)39-18-28(22-47)25-54(39)44(56)41(27(3)4)52-46(58)60-6/h9-16,19-20,23-24,26-28,38-41H,7-8,17-18,21,25H2,1-6H3,(H,49,50)(H,51,57)(H,52,58)/t28-,38+,39+,40+,41+/m1/s1. The summed E-state index contributed by atoms with van der Waals surface area (Å²) in [4.78, 5) is 67.8. The number of alkyl carbamates (subject to hydrolysis) is 2. The molecule has 0 saturated carbocycles. The van der Waals surface area contributed by atoms with Gasteiger partial charge in [0.15, 0.2) is 0 Å². The molecular weight excluding hydrogens is 761 g/mol. The molecule has 14 nitrogen and oxygen atoms in total. The SMILES string of the molecule is COC(=O)N[C@H](C(=O)N1C[C@@H](C#N)C[C@H]1C1=NC=C(c2ccc(-c3ccc4cc(-c5cnc([C@@H]6CCCN6C(=O)[C@@H](NC(=O)OC)C(C)C)[nH]5)ccc4c3)cc2)C1)C(C)C. The number of ether oxygens (including phenoxy) is 2. The highest BCUT2D eigenvalue weighted by atomic mass is 16.5. The lowest BCUT2D eigenvalue weighted by Crippen LogP contribution is -2.53. The molecule has 312 valence electrons. The van der Waals surface area contributed by atoms with E-state index in [2.05, 4.69) is 82.4 Å². The first-order valence-corrected chi connectivity index (χ1v) is 20.5. The zero-order valence-corrected chi connectivity index (χ0v) is 34.9. The maximum atomic E-state index is 13.7. The average molecular weight is 813 g/mol. The number of likely N-dealkylation sites (tertiary alicyclic amines) is 2. The Kier molecular flexibility index (Phi) is 12.3. The van der Waals surface area contributed by atoms with Crippen molar-refractivity contribution in [1.29, 1.82) is 5.26 Å². The molecule has 3 aliphatic heterocycles. The third kappa shape index (κ3) is 8.61. The van der Waals surface area contributed by atoms with E-state index in [0.717, 1.165) is 68.7 Å². The van der Waals surface area contributed by atoms with Gasteiger partial charge in [-0.25, -0.2) is 14.6 Å². The van der Waals surface area contributed by atoms with Crippen LogP contribution < -0.4 is 10.6 Å². The zero-order valence-electron chi connectivity index (χ0n) is 34.9. The highest BCUT2D eigenvalue weighted by Crippen LogP contribution is 2.36. The number of hydrogen-bond acceptors (Lipinski definition) is 9. The number of imidazole rings is 1. The van der Waals surface area contributed by atoms with Crippen LogP contribution in [0.4, 0.5) is 9.59 Å². The third-order valence-electron chi connectivity index (χ3n) is 11.9. The lowest BCUT2D eigenvalue weighted by atomic mass is 9.94. The molecule has 3 N–H and O–H groups in total. The van der Waals surface area contributed by atoms with Gasteiger partial charge in [0.1, 0.15) is 17.9 Å². The fraction of sp³-hybridized carbons (Fsp3) is 0.413. The van der Waals surface area contributed by atoms with Crippen LogP contribution in [0.5, 0.6) is 0 Å². The smallest absolute Gasteiger partial charge is 0.407 e. The molecular formula is C46H52N8O6. The second kappa shape index (κ2) is 17.8. The van der Waals surface area contributed by atoms with Gasteiger partial charge in [-0.05, 0) is 76.3 Å². The number of allylic oxidation sites excluding steroid dienone is 1. The molecule has 1 aromatic heterocycles. The van der Waals surface area contributed by atoms with Gasteiger partial charge in [0.2, 0.25) is 11.8 Å². The number of H-pyrrole nitrogens is 1. The van der Waals surface area contributed by atoms with E-state index in [4.69, 9.17) is 19.5 Å². The van der Waals surface area contributed by atoms with E-state index in [1.807, 2.05) is 45.0 Å². The van der Waals surface area contributed by atoms with E-state index in [0.29, 0.717) is 19.4 Å². The number of aromatic nitrogens is 2. The van der Waals surface area contributed by atoms with Crippen LogP contribution in [0.25, 0.3) is 38.7 Å². The van der Waals surface area contributed by atoms with Crippen LogP contribution >= 0.6 is 0 Å². The molecule has 4 heterocycles. The molecule has 3 aliphatic rings. The van der Waals surface area contributed by atoms with Crippen molar-refractivity contribution < 1.29 is 28.7 Å². The molecule has 2 saturated heterocycles.